The van der Waals surface area contributed by atoms with Crippen LogP contribution in [0.5, 0.6) is 5.75 Å². The Hall–Kier alpha value is -2.30. The first-order chi connectivity index (χ1) is 12.5. The Morgan fingerprint density at radius 3 is 2.33 bits per heavy atom. The van der Waals surface area contributed by atoms with E-state index in [4.69, 9.17) is 11.6 Å². The number of ether oxygens (including phenoxy) is 1. The molecule has 2 rings (SSSR count). The summed E-state index contributed by atoms with van der Waals surface area (Å²) in [7, 11) is -4.30. The number of aliphatic carboxylic acids is 1. The van der Waals surface area contributed by atoms with Gasteiger partial charge in [0, 0.05) is 5.02 Å². The van der Waals surface area contributed by atoms with Crippen molar-refractivity contribution in [2.45, 2.75) is 23.7 Å². The summed E-state index contributed by atoms with van der Waals surface area (Å²) in [5.41, 5.74) is 0.492. The zero-order valence-corrected chi connectivity index (χ0v) is 15.0. The number of hydrogen-bond acceptors (Lipinski definition) is 4. The molecule has 0 aliphatic heterocycles. The van der Waals surface area contributed by atoms with Crippen LogP contribution < -0.4 is 9.46 Å². The number of carboxylic acid groups (broad SMARTS) is 1. The molecule has 0 fully saturated rings. The molecule has 0 spiro atoms. The molecule has 6 nitrogen and oxygen atoms in total. The van der Waals surface area contributed by atoms with Crippen molar-refractivity contribution in [3.8, 4) is 5.75 Å². The first-order valence-electron chi connectivity index (χ1n) is 7.32. The third-order valence-corrected chi connectivity index (χ3v) is 5.01. The quantitative estimate of drug-likeness (QED) is 0.713. The van der Waals surface area contributed by atoms with Crippen molar-refractivity contribution in [3.63, 3.8) is 0 Å². The van der Waals surface area contributed by atoms with Crippen LogP contribution in [-0.4, -0.2) is 31.9 Å². The van der Waals surface area contributed by atoms with Gasteiger partial charge in [-0.1, -0.05) is 23.7 Å². The molecule has 0 aliphatic rings. The van der Waals surface area contributed by atoms with Crippen molar-refractivity contribution in [2.75, 3.05) is 0 Å². The lowest BCUT2D eigenvalue weighted by atomic mass is 10.1. The molecule has 0 heterocycles. The highest BCUT2D eigenvalue weighted by molar-refractivity contribution is 7.89. The summed E-state index contributed by atoms with van der Waals surface area (Å²) in [5, 5.41) is 9.64. The second-order valence-corrected chi connectivity index (χ2v) is 7.52. The van der Waals surface area contributed by atoms with Gasteiger partial charge in [0.2, 0.25) is 10.0 Å². The Bertz CT molecular complexity index is 916. The molecule has 146 valence electrons. The maximum Gasteiger partial charge on any atom is 0.573 e. The van der Waals surface area contributed by atoms with E-state index in [1.807, 2.05) is 4.72 Å². The Balaban J connectivity index is 2.17. The molecule has 0 unspecified atom stereocenters. The molecular weight excluding hydrogens is 411 g/mol. The molecule has 0 saturated heterocycles. The van der Waals surface area contributed by atoms with Crippen LogP contribution in [-0.2, 0) is 21.2 Å². The van der Waals surface area contributed by atoms with Gasteiger partial charge in [-0.05, 0) is 48.4 Å². The summed E-state index contributed by atoms with van der Waals surface area (Å²) < 4.78 is 66.8. The predicted molar refractivity (Wildman–Crippen MR) is 90.0 cm³/mol. The van der Waals surface area contributed by atoms with E-state index in [1.54, 1.807) is 18.2 Å². The summed E-state index contributed by atoms with van der Waals surface area (Å²) in [6.45, 7) is 0. The summed E-state index contributed by atoms with van der Waals surface area (Å²) >= 11 is 5.82. The van der Waals surface area contributed by atoms with Crippen molar-refractivity contribution >= 4 is 27.6 Å². The molecule has 2 N–H and O–H groups in total. The fraction of sp³-hybridized carbons (Fsp3) is 0.188. The Morgan fingerprint density at radius 2 is 1.81 bits per heavy atom. The molecule has 1 atom stereocenters. The number of alkyl halides is 3. The minimum atomic E-state index is -4.91. The number of halogens is 4. The van der Waals surface area contributed by atoms with Crippen LogP contribution in [0.2, 0.25) is 5.02 Å². The fourth-order valence-electron chi connectivity index (χ4n) is 2.15. The molecule has 0 aromatic heterocycles. The van der Waals surface area contributed by atoms with E-state index in [-0.39, 0.29) is 6.42 Å². The van der Waals surface area contributed by atoms with E-state index in [2.05, 4.69) is 4.74 Å². The lowest BCUT2D eigenvalue weighted by Gasteiger charge is -2.15. The minimum Gasteiger partial charge on any atom is -0.480 e. The highest BCUT2D eigenvalue weighted by Gasteiger charge is 2.31. The molecular formula is C16H13ClF3NO5S. The molecule has 2 aromatic carbocycles. The van der Waals surface area contributed by atoms with Gasteiger partial charge in [0.05, 0.1) is 4.90 Å². The number of benzene rings is 2. The summed E-state index contributed by atoms with van der Waals surface area (Å²) in [6, 6.07) is 8.13. The van der Waals surface area contributed by atoms with Crippen LogP contribution in [0.15, 0.2) is 53.4 Å². The molecule has 11 heteroatoms. The lowest BCUT2D eigenvalue weighted by molar-refractivity contribution is -0.274. The highest BCUT2D eigenvalue weighted by atomic mass is 35.5. The SMILES string of the molecule is O=C(O)[C@H](Cc1cccc(Cl)c1)NS(=O)(=O)c1ccc(OC(F)(F)F)cc1. The van der Waals surface area contributed by atoms with E-state index in [0.717, 1.165) is 24.3 Å². The smallest absolute Gasteiger partial charge is 0.480 e. The molecule has 0 amide bonds. The second-order valence-electron chi connectivity index (χ2n) is 5.37. The third-order valence-electron chi connectivity index (χ3n) is 3.29. The molecule has 0 radical (unpaired) electrons. The van der Waals surface area contributed by atoms with Gasteiger partial charge in [-0.2, -0.15) is 4.72 Å². The summed E-state index contributed by atoms with van der Waals surface area (Å²) in [5.74, 6) is -2.02. The summed E-state index contributed by atoms with van der Waals surface area (Å²) in [6.07, 6.45) is -5.09. The topological polar surface area (TPSA) is 92.7 Å². The number of rotatable bonds is 7. The van der Waals surface area contributed by atoms with Gasteiger partial charge in [-0.15, -0.1) is 13.2 Å². The van der Waals surface area contributed by atoms with Crippen LogP contribution in [0, 0.1) is 0 Å². The normalized spacial score (nSPS) is 13.2. The van der Waals surface area contributed by atoms with E-state index in [0.29, 0.717) is 10.6 Å². The maximum atomic E-state index is 12.3. The first kappa shape index (κ1) is 21.0. The number of sulfonamides is 1. The average Bonchev–Trinajstić information content (AvgIpc) is 2.53. The number of carboxylic acids is 1. The van der Waals surface area contributed by atoms with Crippen LogP contribution in [0.3, 0.4) is 0 Å². The van der Waals surface area contributed by atoms with Gasteiger partial charge in [0.15, 0.2) is 0 Å². The van der Waals surface area contributed by atoms with Crippen molar-refractivity contribution in [2.24, 2.45) is 0 Å². The zero-order valence-electron chi connectivity index (χ0n) is 13.4. The van der Waals surface area contributed by atoms with Crippen LogP contribution in [0.1, 0.15) is 5.56 Å². The second kappa shape index (κ2) is 8.15. The Labute approximate surface area is 157 Å². The van der Waals surface area contributed by atoms with E-state index >= 15 is 0 Å². The van der Waals surface area contributed by atoms with Crippen molar-refractivity contribution < 1.29 is 36.2 Å². The first-order valence-corrected chi connectivity index (χ1v) is 9.18. The van der Waals surface area contributed by atoms with E-state index in [9.17, 15) is 31.5 Å². The Kier molecular flexibility index (Phi) is 6.34. The van der Waals surface area contributed by atoms with Crippen molar-refractivity contribution in [1.82, 2.24) is 4.72 Å². The Morgan fingerprint density at radius 1 is 1.19 bits per heavy atom. The zero-order chi connectivity index (χ0) is 20.2. The molecule has 27 heavy (non-hydrogen) atoms. The van der Waals surface area contributed by atoms with Crippen molar-refractivity contribution in [1.29, 1.82) is 0 Å². The largest absolute Gasteiger partial charge is 0.573 e. The molecule has 2 aromatic rings. The van der Waals surface area contributed by atoms with Gasteiger partial charge < -0.3 is 9.84 Å². The summed E-state index contributed by atoms with van der Waals surface area (Å²) in [4.78, 5) is 11.0. The van der Waals surface area contributed by atoms with E-state index < -0.39 is 39.0 Å². The number of carbonyl (C=O) groups is 1. The van der Waals surface area contributed by atoms with Gasteiger partial charge in [-0.25, -0.2) is 8.42 Å². The number of hydrogen-bond donors (Lipinski definition) is 2. The maximum absolute atomic E-state index is 12.3. The highest BCUT2D eigenvalue weighted by Crippen LogP contribution is 2.24. The van der Waals surface area contributed by atoms with Crippen LogP contribution in [0.25, 0.3) is 0 Å². The lowest BCUT2D eigenvalue weighted by Crippen LogP contribution is -2.42. The monoisotopic (exact) mass is 423 g/mol. The minimum absolute atomic E-state index is 0.176. The predicted octanol–water partition coefficient (Wildman–Crippen LogP) is 3.21. The molecule has 0 saturated carbocycles. The van der Waals surface area contributed by atoms with Crippen LogP contribution in [0.4, 0.5) is 13.2 Å². The molecule has 0 aliphatic carbocycles. The average molecular weight is 424 g/mol. The van der Waals surface area contributed by atoms with Gasteiger partial charge in [-0.3, -0.25) is 4.79 Å². The van der Waals surface area contributed by atoms with Crippen LogP contribution >= 0.6 is 11.6 Å². The van der Waals surface area contributed by atoms with Gasteiger partial charge in [0.25, 0.3) is 0 Å². The van der Waals surface area contributed by atoms with E-state index in [1.165, 1.54) is 6.07 Å². The third kappa shape index (κ3) is 6.42. The standard InChI is InChI=1S/C16H13ClF3NO5S/c17-11-3-1-2-10(8-11)9-14(15(22)23)21-27(24,25)13-6-4-12(5-7-13)26-16(18,19)20/h1-8,14,21H,9H2,(H,22,23)/t14-/m0/s1. The fourth-order valence-corrected chi connectivity index (χ4v) is 3.56. The van der Waals surface area contributed by atoms with Crippen molar-refractivity contribution in [3.05, 3.63) is 59.1 Å². The molecule has 0 bridgehead atoms. The number of nitrogens with one attached hydrogen (secondary N) is 1. The van der Waals surface area contributed by atoms with Gasteiger partial charge >= 0.3 is 12.3 Å². The van der Waals surface area contributed by atoms with Gasteiger partial charge in [0.1, 0.15) is 11.8 Å².